The first kappa shape index (κ1) is 25.4. The molecule has 2 N–H and O–H groups in total. The smallest absolute Gasteiger partial charge is 0.231 e. The van der Waals surface area contributed by atoms with Gasteiger partial charge in [-0.1, -0.05) is 31.7 Å². The number of guanidine groups is 1. The Morgan fingerprint density at radius 1 is 1.06 bits per heavy atom. The average Bonchev–Trinajstić information content (AvgIpc) is 3.13. The molecule has 0 spiro atoms. The van der Waals surface area contributed by atoms with Crippen LogP contribution < -0.4 is 20.1 Å². The summed E-state index contributed by atoms with van der Waals surface area (Å²) in [6.45, 7) is 4.09. The quantitative estimate of drug-likeness (QED) is 0.173. The molecule has 7 nitrogen and oxygen atoms in total. The zero-order valence-electron chi connectivity index (χ0n) is 19.2. The first-order valence-electron chi connectivity index (χ1n) is 11.8. The summed E-state index contributed by atoms with van der Waals surface area (Å²) in [6, 6.07) is 6.32. The zero-order chi connectivity index (χ0) is 21.4. The highest BCUT2D eigenvalue weighted by Crippen LogP contribution is 2.40. The van der Waals surface area contributed by atoms with E-state index in [-0.39, 0.29) is 29.4 Å². The average molecular weight is 559 g/mol. The molecule has 4 rings (SSSR count). The Labute approximate surface area is 209 Å². The highest BCUT2D eigenvalue weighted by atomic mass is 127. The van der Waals surface area contributed by atoms with Gasteiger partial charge < -0.3 is 29.6 Å². The molecule has 2 heterocycles. The molecule has 0 radical (unpaired) electrons. The molecular formula is C24H38IN3O4. The lowest BCUT2D eigenvalue weighted by Crippen LogP contribution is -2.48. The van der Waals surface area contributed by atoms with Crippen LogP contribution in [-0.2, 0) is 14.9 Å². The molecule has 1 aromatic rings. The lowest BCUT2D eigenvalue weighted by molar-refractivity contribution is 0.0465. The molecule has 180 valence electrons. The summed E-state index contributed by atoms with van der Waals surface area (Å²) < 4.78 is 22.9. The van der Waals surface area contributed by atoms with E-state index in [1.807, 2.05) is 13.1 Å². The van der Waals surface area contributed by atoms with Crippen LogP contribution >= 0.6 is 24.0 Å². The number of benzene rings is 1. The van der Waals surface area contributed by atoms with Crippen molar-refractivity contribution >= 4 is 29.9 Å². The Kier molecular flexibility index (Phi) is 10.2. The number of nitrogens with zero attached hydrogens (tertiary/aromatic N) is 1. The summed E-state index contributed by atoms with van der Waals surface area (Å²) in [6.07, 6.45) is 10.1. The minimum atomic E-state index is -0.0201. The van der Waals surface area contributed by atoms with E-state index in [0.29, 0.717) is 19.5 Å². The van der Waals surface area contributed by atoms with E-state index in [1.54, 1.807) is 0 Å². The fourth-order valence-corrected chi connectivity index (χ4v) is 4.83. The molecule has 1 aromatic carbocycles. The maximum atomic E-state index is 6.10. The molecule has 1 saturated heterocycles. The maximum absolute atomic E-state index is 6.10. The molecule has 8 heteroatoms. The van der Waals surface area contributed by atoms with E-state index in [9.17, 15) is 0 Å². The van der Waals surface area contributed by atoms with Crippen LogP contribution in [-0.4, -0.2) is 58.8 Å². The molecule has 1 aliphatic carbocycles. The summed E-state index contributed by atoms with van der Waals surface area (Å²) in [5.74, 6) is 2.47. The first-order valence-corrected chi connectivity index (χ1v) is 11.8. The highest BCUT2D eigenvalue weighted by molar-refractivity contribution is 14.0. The number of rotatable bonds is 7. The summed E-state index contributed by atoms with van der Waals surface area (Å²) in [5, 5.41) is 6.96. The van der Waals surface area contributed by atoms with Crippen molar-refractivity contribution in [2.75, 3.05) is 46.8 Å². The molecule has 0 atom stereocenters. The van der Waals surface area contributed by atoms with Gasteiger partial charge in [0.1, 0.15) is 0 Å². The fraction of sp³-hybridized carbons (Fsp3) is 0.708. The molecule has 32 heavy (non-hydrogen) atoms. The minimum absolute atomic E-state index is 0. The molecule has 3 aliphatic rings. The third-order valence-electron chi connectivity index (χ3n) is 6.80. The van der Waals surface area contributed by atoms with E-state index >= 15 is 0 Å². The zero-order valence-corrected chi connectivity index (χ0v) is 21.5. The van der Waals surface area contributed by atoms with Gasteiger partial charge in [0.15, 0.2) is 17.5 Å². The van der Waals surface area contributed by atoms with Gasteiger partial charge >= 0.3 is 0 Å². The normalized spacial score (nSPS) is 20.8. The third kappa shape index (κ3) is 6.63. The molecule has 2 fully saturated rings. The van der Waals surface area contributed by atoms with Crippen LogP contribution in [0.15, 0.2) is 23.2 Å². The maximum Gasteiger partial charge on any atom is 0.231 e. The van der Waals surface area contributed by atoms with Gasteiger partial charge in [0.25, 0.3) is 0 Å². The molecular weight excluding hydrogens is 521 g/mol. The number of halogens is 1. The van der Waals surface area contributed by atoms with Crippen molar-refractivity contribution in [2.24, 2.45) is 4.99 Å². The Bertz CT molecular complexity index is 732. The predicted molar refractivity (Wildman–Crippen MR) is 137 cm³/mol. The van der Waals surface area contributed by atoms with Gasteiger partial charge in [0.2, 0.25) is 6.79 Å². The second kappa shape index (κ2) is 12.8. The van der Waals surface area contributed by atoms with Crippen molar-refractivity contribution in [3.05, 3.63) is 23.8 Å². The predicted octanol–water partition coefficient (Wildman–Crippen LogP) is 3.99. The van der Waals surface area contributed by atoms with Crippen LogP contribution in [0.2, 0.25) is 0 Å². The standard InChI is InChI=1S/C24H37N3O4.HI/c1-25-23(26-12-15-29-20-6-4-2-3-5-7-20)27-17-24(10-13-28-14-11-24)19-8-9-21-22(16-19)31-18-30-21;/h8-9,16,20H,2-7,10-15,17-18H2,1H3,(H2,25,26,27);1H. The van der Waals surface area contributed by atoms with Crippen LogP contribution in [0, 0.1) is 0 Å². The first-order chi connectivity index (χ1) is 15.3. The van der Waals surface area contributed by atoms with Crippen molar-refractivity contribution in [1.29, 1.82) is 0 Å². The Balaban J connectivity index is 0.00000289. The Morgan fingerprint density at radius 2 is 1.81 bits per heavy atom. The van der Waals surface area contributed by atoms with Gasteiger partial charge in [0, 0.05) is 38.8 Å². The minimum Gasteiger partial charge on any atom is -0.454 e. The van der Waals surface area contributed by atoms with Crippen molar-refractivity contribution in [1.82, 2.24) is 10.6 Å². The Hall–Kier alpha value is -1.26. The lowest BCUT2D eigenvalue weighted by Gasteiger charge is -2.38. The number of ether oxygens (including phenoxy) is 4. The fourth-order valence-electron chi connectivity index (χ4n) is 4.83. The Morgan fingerprint density at radius 3 is 2.56 bits per heavy atom. The summed E-state index contributed by atoms with van der Waals surface area (Å²) >= 11 is 0. The lowest BCUT2D eigenvalue weighted by atomic mass is 9.74. The summed E-state index contributed by atoms with van der Waals surface area (Å²) in [5.41, 5.74) is 1.24. The highest BCUT2D eigenvalue weighted by Gasteiger charge is 2.35. The largest absolute Gasteiger partial charge is 0.454 e. The van der Waals surface area contributed by atoms with Gasteiger partial charge in [-0.3, -0.25) is 4.99 Å². The SMILES string of the molecule is CN=C(NCCOC1CCCCCC1)NCC1(c2ccc3c(c2)OCO3)CCOCC1.I. The molecule has 0 aromatic heterocycles. The number of nitrogens with one attached hydrogen (secondary N) is 2. The summed E-state index contributed by atoms with van der Waals surface area (Å²) in [7, 11) is 1.82. The van der Waals surface area contributed by atoms with Gasteiger partial charge in [-0.15, -0.1) is 24.0 Å². The molecule has 1 saturated carbocycles. The van der Waals surface area contributed by atoms with E-state index in [4.69, 9.17) is 18.9 Å². The molecule has 0 unspecified atom stereocenters. The van der Waals surface area contributed by atoms with Gasteiger partial charge in [-0.25, -0.2) is 0 Å². The second-order valence-corrected chi connectivity index (χ2v) is 8.80. The van der Waals surface area contributed by atoms with E-state index in [0.717, 1.165) is 56.6 Å². The number of fused-ring (bicyclic) bond motifs is 1. The van der Waals surface area contributed by atoms with E-state index < -0.39 is 0 Å². The number of hydrogen-bond acceptors (Lipinski definition) is 5. The van der Waals surface area contributed by atoms with E-state index in [2.05, 4.69) is 27.8 Å². The van der Waals surface area contributed by atoms with Gasteiger partial charge in [0.05, 0.1) is 12.7 Å². The molecule has 0 bridgehead atoms. The summed E-state index contributed by atoms with van der Waals surface area (Å²) in [4.78, 5) is 4.42. The van der Waals surface area contributed by atoms with Gasteiger partial charge in [-0.2, -0.15) is 0 Å². The van der Waals surface area contributed by atoms with Crippen molar-refractivity contribution < 1.29 is 18.9 Å². The van der Waals surface area contributed by atoms with Crippen molar-refractivity contribution in [2.45, 2.75) is 62.9 Å². The van der Waals surface area contributed by atoms with Crippen LogP contribution in [0.3, 0.4) is 0 Å². The third-order valence-corrected chi connectivity index (χ3v) is 6.80. The van der Waals surface area contributed by atoms with Crippen LogP contribution in [0.25, 0.3) is 0 Å². The monoisotopic (exact) mass is 559 g/mol. The number of hydrogen-bond donors (Lipinski definition) is 2. The van der Waals surface area contributed by atoms with Crippen LogP contribution in [0.5, 0.6) is 11.5 Å². The van der Waals surface area contributed by atoms with E-state index in [1.165, 1.54) is 44.1 Å². The van der Waals surface area contributed by atoms with Crippen molar-refractivity contribution in [3.63, 3.8) is 0 Å². The van der Waals surface area contributed by atoms with Crippen LogP contribution in [0.4, 0.5) is 0 Å². The second-order valence-electron chi connectivity index (χ2n) is 8.80. The van der Waals surface area contributed by atoms with Crippen LogP contribution in [0.1, 0.15) is 56.9 Å². The van der Waals surface area contributed by atoms with Gasteiger partial charge in [-0.05, 0) is 43.4 Å². The van der Waals surface area contributed by atoms with Crippen molar-refractivity contribution in [3.8, 4) is 11.5 Å². The molecule has 0 amide bonds. The topological polar surface area (TPSA) is 73.3 Å². The molecule has 2 aliphatic heterocycles. The number of aliphatic imine (C=N–C) groups is 1.